The van der Waals surface area contributed by atoms with Crippen molar-refractivity contribution in [1.29, 1.82) is 5.26 Å². The molecule has 4 heterocycles. The number of hydrogen-bond donors (Lipinski definition) is 2. The Morgan fingerprint density at radius 3 is 3.00 bits per heavy atom. The number of likely N-dealkylation sites (N-methyl/N-ethyl adjacent to an activating group) is 1. The molecule has 0 spiro atoms. The fraction of sp³-hybridized carbons (Fsp3) is 0.391. The highest BCUT2D eigenvalue weighted by Crippen LogP contribution is 2.29. The molecule has 0 bridgehead atoms. The Morgan fingerprint density at radius 2 is 2.27 bits per heavy atom. The highest BCUT2D eigenvalue weighted by atomic mass is 32.1. The summed E-state index contributed by atoms with van der Waals surface area (Å²) in [5.74, 6) is 0.357. The average molecular weight is 468 g/mol. The summed E-state index contributed by atoms with van der Waals surface area (Å²) in [6.45, 7) is 6.44. The first-order valence-corrected chi connectivity index (χ1v) is 11.6. The lowest BCUT2D eigenvalue weighted by Crippen LogP contribution is -2.51. The van der Waals surface area contributed by atoms with Gasteiger partial charge in [-0.1, -0.05) is 11.3 Å². The molecule has 1 aliphatic rings. The molecule has 2 N–H and O–H groups in total. The molecule has 0 aliphatic carbocycles. The maximum absolute atomic E-state index is 13.6. The van der Waals surface area contributed by atoms with Crippen LogP contribution in [0.3, 0.4) is 0 Å². The van der Waals surface area contributed by atoms with Crippen molar-refractivity contribution < 1.29 is 9.18 Å². The highest BCUT2D eigenvalue weighted by molar-refractivity contribution is 7.17. The van der Waals surface area contributed by atoms with Crippen LogP contribution in [0.2, 0.25) is 0 Å². The van der Waals surface area contributed by atoms with Crippen LogP contribution in [0.25, 0.3) is 15.9 Å². The first-order valence-electron chi connectivity index (χ1n) is 10.8. The number of nitrogens with zero attached hydrogens (tertiary/aromatic N) is 5. The third-order valence-electron chi connectivity index (χ3n) is 5.97. The number of amides is 1. The number of nitriles is 1. The van der Waals surface area contributed by atoms with E-state index in [1.54, 1.807) is 19.3 Å². The number of thiophene rings is 1. The summed E-state index contributed by atoms with van der Waals surface area (Å²) in [7, 11) is 1.59. The second-order valence-corrected chi connectivity index (χ2v) is 9.09. The third kappa shape index (κ3) is 4.89. The van der Waals surface area contributed by atoms with Crippen molar-refractivity contribution in [3.63, 3.8) is 0 Å². The number of carbonyl (C=O) groups excluding carboxylic acids is 1. The van der Waals surface area contributed by atoms with Crippen molar-refractivity contribution in [3.8, 4) is 6.07 Å². The maximum atomic E-state index is 13.6. The molecule has 4 rings (SSSR count). The number of halogens is 1. The van der Waals surface area contributed by atoms with Crippen LogP contribution < -0.4 is 5.32 Å². The number of aromatic amines is 1. The molecule has 2 unspecified atom stereocenters. The van der Waals surface area contributed by atoms with Crippen molar-refractivity contribution >= 4 is 33.2 Å². The van der Waals surface area contributed by atoms with Gasteiger partial charge in [0.2, 0.25) is 5.91 Å². The summed E-state index contributed by atoms with van der Waals surface area (Å²) in [4.78, 5) is 29.7. The van der Waals surface area contributed by atoms with E-state index in [0.29, 0.717) is 28.6 Å². The van der Waals surface area contributed by atoms with Crippen LogP contribution in [0.5, 0.6) is 0 Å². The summed E-state index contributed by atoms with van der Waals surface area (Å²) in [5.41, 5.74) is 2.26. The summed E-state index contributed by atoms with van der Waals surface area (Å²) in [6, 6.07) is 7.67. The highest BCUT2D eigenvalue weighted by Gasteiger charge is 2.30. The van der Waals surface area contributed by atoms with Gasteiger partial charge in [-0.15, -0.1) is 0 Å². The van der Waals surface area contributed by atoms with Gasteiger partial charge in [-0.25, -0.2) is 9.97 Å². The molecule has 1 amide bonds. The summed E-state index contributed by atoms with van der Waals surface area (Å²) in [5, 5.41) is 12.2. The lowest BCUT2D eigenvalue weighted by atomic mass is 10.1. The van der Waals surface area contributed by atoms with Crippen molar-refractivity contribution in [3.05, 3.63) is 52.8 Å². The van der Waals surface area contributed by atoms with Crippen LogP contribution in [-0.2, 0) is 11.2 Å². The fourth-order valence-corrected chi connectivity index (χ4v) is 4.93. The minimum absolute atomic E-state index is 0.0707. The monoisotopic (exact) mass is 467 g/mol. The van der Waals surface area contributed by atoms with Gasteiger partial charge in [-0.3, -0.25) is 9.69 Å². The Balaban J connectivity index is 1.53. The molecule has 2 atom stereocenters. The van der Waals surface area contributed by atoms with Gasteiger partial charge in [-0.05, 0) is 32.0 Å². The number of piperazine rings is 1. The van der Waals surface area contributed by atoms with Crippen LogP contribution in [0.15, 0.2) is 30.5 Å². The number of nitrogens with one attached hydrogen (secondary N) is 2. The minimum atomic E-state index is -0.226. The minimum Gasteiger partial charge on any atom is -0.363 e. The van der Waals surface area contributed by atoms with Crippen LogP contribution in [0, 0.1) is 16.5 Å². The molecule has 0 aromatic carbocycles. The standard InChI is InChI=1S/C23H26FN7OS/c1-14-13-30(15(2)18-5-4-16-10-20(24)33-23(16)29-18)8-9-31(14)19(11-21(32)26-3)22-27-12-17(28-22)6-7-25/h4-5,10-12,14-15H,6,8-9,13H2,1-3H3,(H,26,32)(H,27,28)/b19-11+. The molecule has 3 aromatic rings. The van der Waals surface area contributed by atoms with E-state index < -0.39 is 0 Å². The fourth-order valence-electron chi connectivity index (χ4n) is 4.16. The number of hydrogen-bond acceptors (Lipinski definition) is 7. The van der Waals surface area contributed by atoms with Gasteiger partial charge in [0, 0.05) is 56.4 Å². The van der Waals surface area contributed by atoms with Gasteiger partial charge in [0.25, 0.3) is 0 Å². The Labute approximate surface area is 195 Å². The van der Waals surface area contributed by atoms with Crippen LogP contribution >= 0.6 is 11.3 Å². The van der Waals surface area contributed by atoms with Gasteiger partial charge >= 0.3 is 0 Å². The van der Waals surface area contributed by atoms with Crippen LogP contribution in [-0.4, -0.2) is 63.4 Å². The molecule has 1 fully saturated rings. The zero-order valence-corrected chi connectivity index (χ0v) is 19.6. The van der Waals surface area contributed by atoms with Crippen molar-refractivity contribution in [2.24, 2.45) is 0 Å². The summed E-state index contributed by atoms with van der Waals surface area (Å²) in [6.07, 6.45) is 3.45. The Hall–Kier alpha value is -3.29. The molecular formula is C23H26FN7OS. The average Bonchev–Trinajstić information content (AvgIpc) is 3.42. The second-order valence-electron chi connectivity index (χ2n) is 8.11. The summed E-state index contributed by atoms with van der Waals surface area (Å²) < 4.78 is 13.6. The van der Waals surface area contributed by atoms with Crippen LogP contribution in [0.4, 0.5) is 4.39 Å². The predicted octanol–water partition coefficient (Wildman–Crippen LogP) is 3.08. The quantitative estimate of drug-likeness (QED) is 0.541. The number of carbonyl (C=O) groups is 1. The smallest absolute Gasteiger partial charge is 0.245 e. The number of rotatable bonds is 6. The van der Waals surface area contributed by atoms with Gasteiger partial charge in [-0.2, -0.15) is 9.65 Å². The second kappa shape index (κ2) is 9.68. The van der Waals surface area contributed by atoms with Crippen molar-refractivity contribution in [2.75, 3.05) is 26.7 Å². The predicted molar refractivity (Wildman–Crippen MR) is 126 cm³/mol. The van der Waals surface area contributed by atoms with Crippen molar-refractivity contribution in [2.45, 2.75) is 32.4 Å². The Bertz CT molecular complexity index is 1230. The molecule has 3 aromatic heterocycles. The number of fused-ring (bicyclic) bond motifs is 1. The van der Waals surface area contributed by atoms with E-state index in [1.165, 1.54) is 6.07 Å². The Kier molecular flexibility index (Phi) is 6.72. The van der Waals surface area contributed by atoms with Gasteiger partial charge in [0.05, 0.1) is 29.6 Å². The van der Waals surface area contributed by atoms with E-state index in [-0.39, 0.29) is 29.5 Å². The summed E-state index contributed by atoms with van der Waals surface area (Å²) >= 11 is 1.07. The SMILES string of the molecule is CNC(=O)/C=C(\c1nc(CC#N)c[nH]1)N1CCN(C(C)c2ccc3cc(F)sc3n2)CC1C. The molecule has 0 radical (unpaired) electrons. The van der Waals surface area contributed by atoms with Gasteiger partial charge < -0.3 is 15.2 Å². The normalized spacial score (nSPS) is 18.3. The van der Waals surface area contributed by atoms with E-state index in [9.17, 15) is 9.18 Å². The Morgan fingerprint density at radius 1 is 1.45 bits per heavy atom. The molecule has 172 valence electrons. The first-order chi connectivity index (χ1) is 15.9. The van der Waals surface area contributed by atoms with E-state index in [4.69, 9.17) is 5.26 Å². The molecule has 33 heavy (non-hydrogen) atoms. The molecular weight excluding hydrogens is 441 g/mol. The molecule has 1 aliphatic heterocycles. The molecule has 10 heteroatoms. The molecule has 0 saturated carbocycles. The third-order valence-corrected chi connectivity index (χ3v) is 6.80. The first kappa shape index (κ1) is 22.9. The number of imidazole rings is 1. The van der Waals surface area contributed by atoms with E-state index in [1.807, 2.05) is 12.1 Å². The number of aromatic nitrogens is 3. The zero-order valence-electron chi connectivity index (χ0n) is 18.8. The number of H-pyrrole nitrogens is 1. The van der Waals surface area contributed by atoms with E-state index in [0.717, 1.165) is 35.5 Å². The molecule has 8 nitrogen and oxygen atoms in total. The topological polar surface area (TPSA) is 101 Å². The number of pyridine rings is 1. The van der Waals surface area contributed by atoms with Gasteiger partial charge in [0.15, 0.2) is 11.0 Å². The van der Waals surface area contributed by atoms with E-state index in [2.05, 4.69) is 50.0 Å². The van der Waals surface area contributed by atoms with Crippen molar-refractivity contribution in [1.82, 2.24) is 30.1 Å². The zero-order chi connectivity index (χ0) is 23.5. The van der Waals surface area contributed by atoms with Gasteiger partial charge in [0.1, 0.15) is 4.83 Å². The van der Waals surface area contributed by atoms with Crippen LogP contribution in [0.1, 0.15) is 37.1 Å². The van der Waals surface area contributed by atoms with E-state index >= 15 is 0 Å². The maximum Gasteiger partial charge on any atom is 0.245 e. The lowest BCUT2D eigenvalue weighted by molar-refractivity contribution is -0.116. The largest absolute Gasteiger partial charge is 0.363 e. The lowest BCUT2D eigenvalue weighted by Gasteiger charge is -2.44. The molecule has 1 saturated heterocycles.